The summed E-state index contributed by atoms with van der Waals surface area (Å²) in [5.74, 6) is 1.77. The van der Waals surface area contributed by atoms with Crippen molar-refractivity contribution in [1.82, 2.24) is 29.1 Å². The van der Waals surface area contributed by atoms with E-state index < -0.39 is 0 Å². The Labute approximate surface area is 287 Å². The third kappa shape index (κ3) is 4.50. The van der Waals surface area contributed by atoms with Crippen LogP contribution in [0.3, 0.4) is 0 Å². The number of pyridine rings is 1. The molecule has 0 N–H and O–H groups in total. The standard InChI is InChI=1S/C44H28N6/c1-4-13-29(14-5-1)42-46-43(30-15-6-2-7-16-30)48-44(47-42)50-38-21-12-26-45-41(38)36-25-23-32(28-40(36)50)31-22-24-35-34-19-10-11-20-37(34)49(39(35)27-31)33-17-8-3-9-18-33/h1-28H. The maximum atomic E-state index is 5.09. The fourth-order valence-corrected chi connectivity index (χ4v) is 7.13. The van der Waals surface area contributed by atoms with E-state index in [1.54, 1.807) is 0 Å². The van der Waals surface area contributed by atoms with Crippen molar-refractivity contribution in [1.29, 1.82) is 0 Å². The Morgan fingerprint density at radius 3 is 1.58 bits per heavy atom. The van der Waals surface area contributed by atoms with E-state index in [9.17, 15) is 0 Å². The van der Waals surface area contributed by atoms with E-state index in [1.807, 2.05) is 72.9 Å². The van der Waals surface area contributed by atoms with E-state index in [0.29, 0.717) is 17.6 Å². The monoisotopic (exact) mass is 640 g/mol. The lowest BCUT2D eigenvalue weighted by atomic mass is 10.0. The zero-order chi connectivity index (χ0) is 33.0. The molecule has 10 aromatic rings. The minimum atomic E-state index is 0.544. The smallest absolute Gasteiger partial charge is 0.238 e. The van der Waals surface area contributed by atoms with Gasteiger partial charge in [-0.2, -0.15) is 9.97 Å². The molecule has 6 aromatic carbocycles. The number of nitrogens with zero attached hydrogens (tertiary/aromatic N) is 6. The van der Waals surface area contributed by atoms with E-state index in [1.165, 1.54) is 16.3 Å². The Kier molecular flexibility index (Phi) is 6.39. The highest BCUT2D eigenvalue weighted by molar-refractivity contribution is 6.11. The van der Waals surface area contributed by atoms with Gasteiger partial charge in [0.1, 0.15) is 0 Å². The fraction of sp³-hybridized carbons (Fsp3) is 0. The summed E-state index contributed by atoms with van der Waals surface area (Å²) in [7, 11) is 0. The Morgan fingerprint density at radius 2 is 0.900 bits per heavy atom. The van der Waals surface area contributed by atoms with E-state index in [0.717, 1.165) is 55.4 Å². The van der Waals surface area contributed by atoms with Gasteiger partial charge in [-0.1, -0.05) is 115 Å². The van der Waals surface area contributed by atoms with Crippen LogP contribution in [0.15, 0.2) is 170 Å². The molecule has 0 atom stereocenters. The van der Waals surface area contributed by atoms with Gasteiger partial charge in [0.2, 0.25) is 5.95 Å². The number of hydrogen-bond acceptors (Lipinski definition) is 4. The molecule has 0 bridgehead atoms. The predicted molar refractivity (Wildman–Crippen MR) is 203 cm³/mol. The molecule has 0 spiro atoms. The summed E-state index contributed by atoms with van der Waals surface area (Å²) >= 11 is 0. The lowest BCUT2D eigenvalue weighted by Crippen LogP contribution is -2.06. The second-order valence-corrected chi connectivity index (χ2v) is 12.4. The van der Waals surface area contributed by atoms with Crippen LogP contribution in [0.4, 0.5) is 0 Å². The molecule has 0 fully saturated rings. The normalized spacial score (nSPS) is 11.6. The Hall–Kier alpha value is -6.92. The zero-order valence-corrected chi connectivity index (χ0v) is 26.8. The van der Waals surface area contributed by atoms with E-state index >= 15 is 0 Å². The van der Waals surface area contributed by atoms with Crippen LogP contribution >= 0.6 is 0 Å². The number of benzene rings is 6. The van der Waals surface area contributed by atoms with Gasteiger partial charge in [-0.3, -0.25) is 9.55 Å². The number of para-hydroxylation sites is 2. The average molecular weight is 641 g/mol. The van der Waals surface area contributed by atoms with Gasteiger partial charge in [-0.05, 0) is 59.7 Å². The Morgan fingerprint density at radius 1 is 0.360 bits per heavy atom. The van der Waals surface area contributed by atoms with E-state index in [2.05, 4.69) is 106 Å². The molecule has 50 heavy (non-hydrogen) atoms. The molecule has 0 unspecified atom stereocenters. The quantitative estimate of drug-likeness (QED) is 0.188. The van der Waals surface area contributed by atoms with Gasteiger partial charge in [0.25, 0.3) is 0 Å². The van der Waals surface area contributed by atoms with Crippen molar-refractivity contribution in [3.8, 4) is 45.5 Å². The third-order valence-electron chi connectivity index (χ3n) is 9.43. The first-order chi connectivity index (χ1) is 24.8. The molecule has 6 heteroatoms. The van der Waals surface area contributed by atoms with Crippen molar-refractivity contribution in [2.75, 3.05) is 0 Å². The van der Waals surface area contributed by atoms with Crippen LogP contribution in [0.5, 0.6) is 0 Å². The van der Waals surface area contributed by atoms with Crippen LogP contribution in [0.25, 0.3) is 89.3 Å². The van der Waals surface area contributed by atoms with Crippen LogP contribution in [-0.2, 0) is 0 Å². The topological polar surface area (TPSA) is 61.4 Å². The summed E-state index contributed by atoms with van der Waals surface area (Å²) in [5, 5.41) is 3.49. The van der Waals surface area contributed by atoms with Crippen LogP contribution in [0.2, 0.25) is 0 Å². The molecule has 0 aliphatic heterocycles. The van der Waals surface area contributed by atoms with E-state index in [-0.39, 0.29) is 0 Å². The van der Waals surface area contributed by atoms with Gasteiger partial charge in [0.05, 0.1) is 27.6 Å². The van der Waals surface area contributed by atoms with Crippen molar-refractivity contribution in [3.63, 3.8) is 0 Å². The minimum absolute atomic E-state index is 0.544. The Bertz CT molecular complexity index is 2800. The first-order valence-corrected chi connectivity index (χ1v) is 16.7. The lowest BCUT2D eigenvalue weighted by molar-refractivity contribution is 0.953. The molecular weight excluding hydrogens is 613 g/mol. The molecule has 6 nitrogen and oxygen atoms in total. The fourth-order valence-electron chi connectivity index (χ4n) is 7.13. The summed E-state index contributed by atoms with van der Waals surface area (Å²) in [4.78, 5) is 20.0. The average Bonchev–Trinajstić information content (AvgIpc) is 3.71. The van der Waals surface area contributed by atoms with Gasteiger partial charge in [0, 0.05) is 39.2 Å². The molecule has 0 amide bonds. The SMILES string of the molecule is c1ccc(-c2nc(-c3ccccc3)nc(-n3c4cc(-c5ccc6c7ccccc7n(-c7ccccc7)c6c5)ccc4c4ncccc43)n2)cc1. The predicted octanol–water partition coefficient (Wildman–Crippen LogP) is 10.5. The summed E-state index contributed by atoms with van der Waals surface area (Å²) in [6.07, 6.45) is 1.84. The summed E-state index contributed by atoms with van der Waals surface area (Å²) in [6.45, 7) is 0. The summed E-state index contributed by atoms with van der Waals surface area (Å²) < 4.78 is 4.48. The number of fused-ring (bicyclic) bond motifs is 6. The highest BCUT2D eigenvalue weighted by Gasteiger charge is 2.20. The van der Waals surface area contributed by atoms with Crippen molar-refractivity contribution >= 4 is 43.7 Å². The van der Waals surface area contributed by atoms with Crippen molar-refractivity contribution < 1.29 is 0 Å². The minimum Gasteiger partial charge on any atom is -0.309 e. The molecule has 4 aromatic heterocycles. The molecule has 0 radical (unpaired) electrons. The molecular formula is C44H28N6. The maximum Gasteiger partial charge on any atom is 0.238 e. The molecule has 0 aliphatic rings. The molecule has 234 valence electrons. The second kappa shape index (κ2) is 11.4. The number of aromatic nitrogens is 6. The zero-order valence-electron chi connectivity index (χ0n) is 26.8. The van der Waals surface area contributed by atoms with Gasteiger partial charge in [-0.25, -0.2) is 4.98 Å². The van der Waals surface area contributed by atoms with E-state index in [4.69, 9.17) is 19.9 Å². The summed E-state index contributed by atoms with van der Waals surface area (Å²) in [6, 6.07) is 56.8. The molecule has 10 rings (SSSR count). The number of hydrogen-bond donors (Lipinski definition) is 0. The van der Waals surface area contributed by atoms with Crippen molar-refractivity contribution in [2.45, 2.75) is 0 Å². The van der Waals surface area contributed by atoms with Crippen LogP contribution in [0.1, 0.15) is 0 Å². The molecule has 0 aliphatic carbocycles. The first-order valence-electron chi connectivity index (χ1n) is 16.7. The van der Waals surface area contributed by atoms with Gasteiger partial charge in [0.15, 0.2) is 11.6 Å². The first kappa shape index (κ1) is 28.1. The van der Waals surface area contributed by atoms with Crippen molar-refractivity contribution in [3.05, 3.63) is 170 Å². The maximum absolute atomic E-state index is 5.09. The van der Waals surface area contributed by atoms with Crippen LogP contribution in [0, 0.1) is 0 Å². The molecule has 0 saturated carbocycles. The largest absolute Gasteiger partial charge is 0.309 e. The lowest BCUT2D eigenvalue weighted by Gasteiger charge is -2.11. The second-order valence-electron chi connectivity index (χ2n) is 12.4. The van der Waals surface area contributed by atoms with Gasteiger partial charge in [-0.15, -0.1) is 0 Å². The molecule has 0 saturated heterocycles. The highest BCUT2D eigenvalue weighted by atomic mass is 15.2. The number of rotatable bonds is 5. The third-order valence-corrected chi connectivity index (χ3v) is 9.43. The van der Waals surface area contributed by atoms with Crippen LogP contribution in [-0.4, -0.2) is 29.1 Å². The highest BCUT2D eigenvalue weighted by Crippen LogP contribution is 2.37. The Balaban J connectivity index is 1.22. The van der Waals surface area contributed by atoms with Crippen molar-refractivity contribution in [2.24, 2.45) is 0 Å². The molecule has 4 heterocycles. The van der Waals surface area contributed by atoms with Gasteiger partial charge < -0.3 is 4.57 Å². The van der Waals surface area contributed by atoms with Gasteiger partial charge >= 0.3 is 0 Å². The summed E-state index contributed by atoms with van der Waals surface area (Å²) in [5.41, 5.74) is 10.4. The van der Waals surface area contributed by atoms with Crippen LogP contribution < -0.4 is 0 Å².